The summed E-state index contributed by atoms with van der Waals surface area (Å²) in [7, 11) is 0. The predicted molar refractivity (Wildman–Crippen MR) is 67.9 cm³/mol. The van der Waals surface area contributed by atoms with Crippen LogP contribution in [0.4, 0.5) is 0 Å². The Morgan fingerprint density at radius 1 is 1.18 bits per heavy atom. The summed E-state index contributed by atoms with van der Waals surface area (Å²) < 4.78 is 0. The molecule has 1 aliphatic carbocycles. The molecular weight excluding hydrogens is 214 g/mol. The maximum Gasteiger partial charge on any atom is 0.127 e. The molecule has 3 nitrogen and oxygen atoms in total. The Labute approximate surface area is 104 Å². The molecule has 1 aliphatic heterocycles. The molecule has 1 atom stereocenters. The average molecular weight is 239 g/mol. The van der Waals surface area contributed by atoms with Crippen LogP contribution in [0.2, 0.25) is 0 Å². The van der Waals surface area contributed by atoms with Gasteiger partial charge >= 0.3 is 0 Å². The van der Waals surface area contributed by atoms with E-state index in [0.29, 0.717) is 6.04 Å². The first kappa shape index (κ1) is 13.0. The van der Waals surface area contributed by atoms with Crippen LogP contribution < -0.4 is 0 Å². The average Bonchev–Trinajstić information content (AvgIpc) is 2.40. The van der Waals surface area contributed by atoms with Gasteiger partial charge in [-0.05, 0) is 32.2 Å². The molecule has 1 saturated carbocycles. The number of aldehydes is 1. The highest BCUT2D eigenvalue weighted by atomic mass is 16.3. The highest BCUT2D eigenvalue weighted by molar-refractivity contribution is 5.60. The van der Waals surface area contributed by atoms with E-state index in [9.17, 15) is 9.90 Å². The van der Waals surface area contributed by atoms with Gasteiger partial charge in [-0.2, -0.15) is 0 Å². The second kappa shape index (κ2) is 5.96. The van der Waals surface area contributed by atoms with Crippen LogP contribution in [0.15, 0.2) is 0 Å². The zero-order valence-electron chi connectivity index (χ0n) is 10.7. The molecule has 1 saturated heterocycles. The Morgan fingerprint density at radius 2 is 1.94 bits per heavy atom. The van der Waals surface area contributed by atoms with Crippen LogP contribution in [0.25, 0.3) is 0 Å². The van der Waals surface area contributed by atoms with Crippen LogP contribution in [-0.4, -0.2) is 42.0 Å². The van der Waals surface area contributed by atoms with Crippen molar-refractivity contribution >= 4 is 6.29 Å². The quantitative estimate of drug-likeness (QED) is 0.763. The van der Waals surface area contributed by atoms with E-state index in [-0.39, 0.29) is 12.0 Å². The van der Waals surface area contributed by atoms with Gasteiger partial charge in [-0.25, -0.2) is 0 Å². The third-order valence-corrected chi connectivity index (χ3v) is 4.58. The summed E-state index contributed by atoms with van der Waals surface area (Å²) in [5.41, 5.74) is -0.108. The van der Waals surface area contributed by atoms with Gasteiger partial charge in [0.25, 0.3) is 0 Å². The largest absolute Gasteiger partial charge is 0.395 e. The summed E-state index contributed by atoms with van der Waals surface area (Å²) in [5.74, 6) is 0. The minimum absolute atomic E-state index is 0.108. The molecule has 17 heavy (non-hydrogen) atoms. The van der Waals surface area contributed by atoms with Crippen molar-refractivity contribution in [1.82, 2.24) is 4.90 Å². The number of aliphatic hydroxyl groups excluding tert-OH is 1. The summed E-state index contributed by atoms with van der Waals surface area (Å²) in [6.07, 6.45) is 10.5. The van der Waals surface area contributed by atoms with E-state index in [1.165, 1.54) is 38.4 Å². The number of piperidine rings is 1. The van der Waals surface area contributed by atoms with E-state index >= 15 is 0 Å². The Hall–Kier alpha value is -0.410. The molecule has 0 aromatic heterocycles. The molecule has 0 amide bonds. The monoisotopic (exact) mass is 239 g/mol. The van der Waals surface area contributed by atoms with Crippen molar-refractivity contribution in [3.63, 3.8) is 0 Å². The van der Waals surface area contributed by atoms with Crippen LogP contribution in [-0.2, 0) is 4.79 Å². The fourth-order valence-electron chi connectivity index (χ4n) is 3.45. The standard InChI is InChI=1S/C14H25NO2/c16-10-13-6-2-5-9-15(13)11-14(12-17)7-3-1-4-8-14/h12-13,16H,1-11H2. The molecule has 2 rings (SSSR count). The van der Waals surface area contributed by atoms with Gasteiger partial charge in [0.1, 0.15) is 6.29 Å². The molecule has 1 N–H and O–H groups in total. The first-order valence-corrected chi connectivity index (χ1v) is 7.11. The van der Waals surface area contributed by atoms with Gasteiger partial charge in [0.15, 0.2) is 0 Å². The number of aliphatic hydroxyl groups is 1. The molecule has 0 spiro atoms. The van der Waals surface area contributed by atoms with E-state index < -0.39 is 0 Å². The summed E-state index contributed by atoms with van der Waals surface area (Å²) in [5, 5.41) is 9.42. The zero-order chi connectivity index (χ0) is 12.1. The summed E-state index contributed by atoms with van der Waals surface area (Å²) >= 11 is 0. The minimum Gasteiger partial charge on any atom is -0.395 e. The molecule has 2 fully saturated rings. The second-order valence-electron chi connectivity index (χ2n) is 5.84. The number of likely N-dealkylation sites (tertiary alicyclic amines) is 1. The van der Waals surface area contributed by atoms with Gasteiger partial charge in [-0.3, -0.25) is 4.90 Å². The highest BCUT2D eigenvalue weighted by Gasteiger charge is 2.36. The molecule has 3 heteroatoms. The third-order valence-electron chi connectivity index (χ3n) is 4.58. The Balaban J connectivity index is 1.98. The number of carbonyl (C=O) groups excluding carboxylic acids is 1. The fraction of sp³-hybridized carbons (Fsp3) is 0.929. The summed E-state index contributed by atoms with van der Waals surface area (Å²) in [6.45, 7) is 2.18. The van der Waals surface area contributed by atoms with Crippen LogP contribution in [0.1, 0.15) is 51.4 Å². The molecule has 0 aromatic rings. The van der Waals surface area contributed by atoms with Crippen molar-refractivity contribution in [2.45, 2.75) is 57.4 Å². The van der Waals surface area contributed by atoms with E-state index in [1.54, 1.807) is 0 Å². The molecule has 2 aliphatic rings. The minimum atomic E-state index is -0.108. The molecule has 0 bridgehead atoms. The van der Waals surface area contributed by atoms with Gasteiger partial charge in [0.05, 0.1) is 6.61 Å². The number of nitrogens with zero attached hydrogens (tertiary/aromatic N) is 1. The van der Waals surface area contributed by atoms with Crippen molar-refractivity contribution < 1.29 is 9.90 Å². The lowest BCUT2D eigenvalue weighted by Gasteiger charge is -2.42. The van der Waals surface area contributed by atoms with E-state index in [0.717, 1.165) is 32.4 Å². The van der Waals surface area contributed by atoms with Crippen LogP contribution in [0.3, 0.4) is 0 Å². The van der Waals surface area contributed by atoms with Gasteiger partial charge in [0.2, 0.25) is 0 Å². The lowest BCUT2D eigenvalue weighted by molar-refractivity contribution is -0.120. The summed E-state index contributed by atoms with van der Waals surface area (Å²) in [4.78, 5) is 13.8. The van der Waals surface area contributed by atoms with Gasteiger partial charge in [-0.15, -0.1) is 0 Å². The fourth-order valence-corrected chi connectivity index (χ4v) is 3.45. The predicted octanol–water partition coefficient (Wildman–Crippen LogP) is 1.98. The smallest absolute Gasteiger partial charge is 0.127 e. The van der Waals surface area contributed by atoms with Crippen LogP contribution in [0, 0.1) is 5.41 Å². The molecule has 1 heterocycles. The number of hydrogen-bond donors (Lipinski definition) is 1. The van der Waals surface area contributed by atoms with Crippen LogP contribution in [0.5, 0.6) is 0 Å². The van der Waals surface area contributed by atoms with E-state index in [4.69, 9.17) is 0 Å². The Bertz CT molecular complexity index is 249. The van der Waals surface area contributed by atoms with Crippen molar-refractivity contribution in [3.8, 4) is 0 Å². The van der Waals surface area contributed by atoms with Crippen molar-refractivity contribution in [2.24, 2.45) is 5.41 Å². The Morgan fingerprint density at radius 3 is 2.59 bits per heavy atom. The molecule has 1 unspecified atom stereocenters. The highest BCUT2D eigenvalue weighted by Crippen LogP contribution is 2.36. The molecule has 0 aromatic carbocycles. The van der Waals surface area contributed by atoms with Crippen LogP contribution >= 0.6 is 0 Å². The number of hydrogen-bond acceptors (Lipinski definition) is 3. The van der Waals surface area contributed by atoms with Gasteiger partial charge < -0.3 is 9.90 Å². The van der Waals surface area contributed by atoms with E-state index in [1.807, 2.05) is 0 Å². The van der Waals surface area contributed by atoms with Gasteiger partial charge in [-0.1, -0.05) is 25.7 Å². The van der Waals surface area contributed by atoms with Crippen molar-refractivity contribution in [2.75, 3.05) is 19.7 Å². The Kier molecular flexibility index (Phi) is 4.57. The first-order valence-electron chi connectivity index (χ1n) is 7.11. The second-order valence-corrected chi connectivity index (χ2v) is 5.84. The molecular formula is C14H25NO2. The van der Waals surface area contributed by atoms with E-state index in [2.05, 4.69) is 4.90 Å². The molecule has 98 valence electrons. The van der Waals surface area contributed by atoms with Crippen molar-refractivity contribution in [1.29, 1.82) is 0 Å². The maximum atomic E-state index is 11.5. The first-order chi connectivity index (χ1) is 8.29. The van der Waals surface area contributed by atoms with Gasteiger partial charge in [0, 0.05) is 18.0 Å². The van der Waals surface area contributed by atoms with Crippen molar-refractivity contribution in [3.05, 3.63) is 0 Å². The summed E-state index contributed by atoms with van der Waals surface area (Å²) in [6, 6.07) is 0.294. The number of carbonyl (C=O) groups is 1. The maximum absolute atomic E-state index is 11.5. The normalized spacial score (nSPS) is 30.1. The number of rotatable bonds is 4. The SMILES string of the molecule is O=CC1(CN2CCCCC2CO)CCCCC1. The lowest BCUT2D eigenvalue weighted by Crippen LogP contribution is -2.48. The zero-order valence-corrected chi connectivity index (χ0v) is 10.7. The lowest BCUT2D eigenvalue weighted by atomic mass is 9.74. The topological polar surface area (TPSA) is 40.5 Å². The third kappa shape index (κ3) is 3.08. The molecule has 0 radical (unpaired) electrons.